The van der Waals surface area contributed by atoms with Gasteiger partial charge in [-0.15, -0.1) is 0 Å². The van der Waals surface area contributed by atoms with Crippen LogP contribution in [0.25, 0.3) is 0 Å². The fourth-order valence-electron chi connectivity index (χ4n) is 3.21. The first-order valence-corrected chi connectivity index (χ1v) is 9.00. The minimum atomic E-state index is -4.53. The molecular formula is C18H22ClF3N2O2. The second-order valence-electron chi connectivity index (χ2n) is 6.53. The van der Waals surface area contributed by atoms with Gasteiger partial charge in [0.15, 0.2) is 0 Å². The molecule has 0 spiro atoms. The molecule has 26 heavy (non-hydrogen) atoms. The van der Waals surface area contributed by atoms with E-state index >= 15 is 0 Å². The van der Waals surface area contributed by atoms with E-state index in [2.05, 4.69) is 5.32 Å². The number of carbonyl (C=O) groups is 2. The second kappa shape index (κ2) is 8.75. The van der Waals surface area contributed by atoms with Crippen molar-refractivity contribution in [3.05, 3.63) is 28.8 Å². The third-order valence-electron chi connectivity index (χ3n) is 4.55. The standard InChI is InChI=1S/C18H22ClF3N2O2/c1-12(25)24(14-6-4-2-3-5-7-14)11-17(26)23-16-10-13(18(20,21)22)8-9-15(16)19/h8-10,14H,2-7,11H2,1H3,(H,23,26). The average molecular weight is 391 g/mol. The zero-order chi connectivity index (χ0) is 19.3. The minimum absolute atomic E-state index is 0.00944. The third kappa shape index (κ3) is 5.62. The van der Waals surface area contributed by atoms with Crippen molar-refractivity contribution in [2.75, 3.05) is 11.9 Å². The summed E-state index contributed by atoms with van der Waals surface area (Å²) in [5.74, 6) is -0.784. The normalized spacial score (nSPS) is 16.0. The van der Waals surface area contributed by atoms with Crippen LogP contribution in [-0.2, 0) is 15.8 Å². The molecule has 0 atom stereocenters. The average Bonchev–Trinajstić information content (AvgIpc) is 2.82. The Balaban J connectivity index is 2.09. The molecule has 0 aliphatic heterocycles. The van der Waals surface area contributed by atoms with E-state index in [1.165, 1.54) is 11.8 Å². The van der Waals surface area contributed by atoms with E-state index in [1.54, 1.807) is 0 Å². The first-order chi connectivity index (χ1) is 12.2. The highest BCUT2D eigenvalue weighted by atomic mass is 35.5. The second-order valence-corrected chi connectivity index (χ2v) is 6.94. The first kappa shape index (κ1) is 20.6. The van der Waals surface area contributed by atoms with Crippen LogP contribution in [0, 0.1) is 0 Å². The van der Waals surface area contributed by atoms with Crippen molar-refractivity contribution >= 4 is 29.1 Å². The first-order valence-electron chi connectivity index (χ1n) is 8.62. The van der Waals surface area contributed by atoms with Gasteiger partial charge in [-0.3, -0.25) is 9.59 Å². The van der Waals surface area contributed by atoms with Gasteiger partial charge in [0.25, 0.3) is 0 Å². The van der Waals surface area contributed by atoms with Gasteiger partial charge in [0.1, 0.15) is 6.54 Å². The van der Waals surface area contributed by atoms with Crippen LogP contribution in [0.5, 0.6) is 0 Å². The molecule has 2 amide bonds. The number of halogens is 4. The van der Waals surface area contributed by atoms with Crippen LogP contribution in [0.2, 0.25) is 5.02 Å². The van der Waals surface area contributed by atoms with E-state index in [0.717, 1.165) is 56.7 Å². The molecule has 0 unspecified atom stereocenters. The highest BCUT2D eigenvalue weighted by Gasteiger charge is 2.31. The number of amides is 2. The summed E-state index contributed by atoms with van der Waals surface area (Å²) in [5.41, 5.74) is -1.01. The topological polar surface area (TPSA) is 49.4 Å². The lowest BCUT2D eigenvalue weighted by Gasteiger charge is -2.29. The van der Waals surface area contributed by atoms with Gasteiger partial charge >= 0.3 is 6.18 Å². The summed E-state index contributed by atoms with van der Waals surface area (Å²) in [7, 11) is 0. The molecule has 0 radical (unpaired) electrons. The molecule has 1 aromatic rings. The molecular weight excluding hydrogens is 369 g/mol. The minimum Gasteiger partial charge on any atom is -0.331 e. The van der Waals surface area contributed by atoms with E-state index in [1.807, 2.05) is 0 Å². The Morgan fingerprint density at radius 2 is 1.81 bits per heavy atom. The summed E-state index contributed by atoms with van der Waals surface area (Å²) in [6, 6.07) is 2.72. The number of hydrogen-bond donors (Lipinski definition) is 1. The smallest absolute Gasteiger partial charge is 0.331 e. The molecule has 8 heteroatoms. The summed E-state index contributed by atoms with van der Waals surface area (Å²) < 4.78 is 38.5. The lowest BCUT2D eigenvalue weighted by Crippen LogP contribution is -2.43. The summed E-state index contributed by atoms with van der Waals surface area (Å²) >= 11 is 5.90. The molecule has 1 saturated carbocycles. The maximum Gasteiger partial charge on any atom is 0.416 e. The number of hydrogen-bond acceptors (Lipinski definition) is 2. The zero-order valence-corrected chi connectivity index (χ0v) is 15.3. The summed E-state index contributed by atoms with van der Waals surface area (Å²) in [5, 5.41) is 2.41. The fraction of sp³-hybridized carbons (Fsp3) is 0.556. The van der Waals surface area contributed by atoms with Gasteiger partial charge in [-0.1, -0.05) is 37.3 Å². The Morgan fingerprint density at radius 3 is 2.35 bits per heavy atom. The van der Waals surface area contributed by atoms with Crippen molar-refractivity contribution in [3.8, 4) is 0 Å². The number of alkyl halides is 3. The molecule has 1 aliphatic rings. The van der Waals surface area contributed by atoms with Crippen LogP contribution in [-0.4, -0.2) is 29.3 Å². The molecule has 0 heterocycles. The molecule has 1 aliphatic carbocycles. The van der Waals surface area contributed by atoms with Crippen molar-refractivity contribution in [3.63, 3.8) is 0 Å². The highest BCUT2D eigenvalue weighted by Crippen LogP contribution is 2.33. The molecule has 0 saturated heterocycles. The zero-order valence-electron chi connectivity index (χ0n) is 14.5. The Hall–Kier alpha value is -1.76. The van der Waals surface area contributed by atoms with Crippen LogP contribution in [0.4, 0.5) is 18.9 Å². The molecule has 1 fully saturated rings. The van der Waals surface area contributed by atoms with Crippen molar-refractivity contribution in [1.29, 1.82) is 0 Å². The number of nitrogens with zero attached hydrogens (tertiary/aromatic N) is 1. The van der Waals surface area contributed by atoms with Crippen LogP contribution in [0.15, 0.2) is 18.2 Å². The van der Waals surface area contributed by atoms with Crippen molar-refractivity contribution in [2.24, 2.45) is 0 Å². The largest absolute Gasteiger partial charge is 0.416 e. The van der Waals surface area contributed by atoms with E-state index in [4.69, 9.17) is 11.6 Å². The third-order valence-corrected chi connectivity index (χ3v) is 4.88. The van der Waals surface area contributed by atoms with Gasteiger partial charge in [-0.05, 0) is 31.0 Å². The van der Waals surface area contributed by atoms with E-state index in [0.29, 0.717) is 0 Å². The van der Waals surface area contributed by atoms with Crippen LogP contribution < -0.4 is 5.32 Å². The Kier molecular flexibility index (Phi) is 6.92. The lowest BCUT2D eigenvalue weighted by atomic mass is 10.1. The van der Waals surface area contributed by atoms with E-state index < -0.39 is 17.6 Å². The summed E-state index contributed by atoms with van der Waals surface area (Å²) in [4.78, 5) is 25.8. The lowest BCUT2D eigenvalue weighted by molar-refractivity contribution is -0.137. The van der Waals surface area contributed by atoms with Gasteiger partial charge in [0.05, 0.1) is 16.3 Å². The SMILES string of the molecule is CC(=O)N(CC(=O)Nc1cc(C(F)(F)F)ccc1Cl)C1CCCCCC1. The van der Waals surface area contributed by atoms with Crippen LogP contribution >= 0.6 is 11.6 Å². The quantitative estimate of drug-likeness (QED) is 0.746. The van der Waals surface area contributed by atoms with Crippen LogP contribution in [0.3, 0.4) is 0 Å². The highest BCUT2D eigenvalue weighted by molar-refractivity contribution is 6.33. The molecule has 1 aromatic carbocycles. The number of carbonyl (C=O) groups excluding carboxylic acids is 2. The molecule has 1 N–H and O–H groups in total. The van der Waals surface area contributed by atoms with Gasteiger partial charge in [0.2, 0.25) is 11.8 Å². The van der Waals surface area contributed by atoms with E-state index in [-0.39, 0.29) is 29.2 Å². The number of nitrogens with one attached hydrogen (secondary N) is 1. The maximum absolute atomic E-state index is 12.8. The Labute approximate surface area is 155 Å². The molecule has 0 aromatic heterocycles. The van der Waals surface area contributed by atoms with Gasteiger partial charge < -0.3 is 10.2 Å². The molecule has 2 rings (SSSR count). The van der Waals surface area contributed by atoms with Crippen molar-refractivity contribution in [2.45, 2.75) is 57.7 Å². The molecule has 144 valence electrons. The predicted octanol–water partition coefficient (Wildman–Crippen LogP) is 4.87. The number of anilines is 1. The Morgan fingerprint density at radius 1 is 1.19 bits per heavy atom. The predicted molar refractivity (Wildman–Crippen MR) is 94.0 cm³/mol. The van der Waals surface area contributed by atoms with Crippen molar-refractivity contribution in [1.82, 2.24) is 4.90 Å². The van der Waals surface area contributed by atoms with Crippen molar-refractivity contribution < 1.29 is 22.8 Å². The molecule has 4 nitrogen and oxygen atoms in total. The number of benzene rings is 1. The van der Waals surface area contributed by atoms with Gasteiger partial charge in [0, 0.05) is 13.0 Å². The fourth-order valence-corrected chi connectivity index (χ4v) is 3.37. The number of rotatable bonds is 4. The Bertz CT molecular complexity index is 656. The maximum atomic E-state index is 12.8. The van der Waals surface area contributed by atoms with Gasteiger partial charge in [-0.25, -0.2) is 0 Å². The molecule has 0 bridgehead atoms. The van der Waals surface area contributed by atoms with Crippen LogP contribution in [0.1, 0.15) is 51.0 Å². The van der Waals surface area contributed by atoms with Gasteiger partial charge in [-0.2, -0.15) is 13.2 Å². The monoisotopic (exact) mass is 390 g/mol. The summed E-state index contributed by atoms with van der Waals surface area (Å²) in [6.45, 7) is 1.20. The van der Waals surface area contributed by atoms with E-state index in [9.17, 15) is 22.8 Å². The summed E-state index contributed by atoms with van der Waals surface area (Å²) in [6.07, 6.45) is 1.33.